The highest BCUT2D eigenvalue weighted by atomic mass is 19.1. The summed E-state index contributed by atoms with van der Waals surface area (Å²) in [5.74, 6) is -2.25. The normalized spacial score (nSPS) is 26.4. The fourth-order valence-electron chi connectivity index (χ4n) is 4.99. The van der Waals surface area contributed by atoms with Crippen LogP contribution in [0.2, 0.25) is 0 Å². The second-order valence-corrected chi connectivity index (χ2v) is 8.68. The molecule has 0 bridgehead atoms. The molecule has 2 aromatic carbocycles. The quantitative estimate of drug-likeness (QED) is 0.594. The first-order chi connectivity index (χ1) is 16.5. The van der Waals surface area contributed by atoms with Crippen molar-refractivity contribution >= 4 is 11.5 Å². The van der Waals surface area contributed by atoms with E-state index in [0.29, 0.717) is 13.1 Å². The Balaban J connectivity index is 1.44. The lowest BCUT2D eigenvalue weighted by Crippen LogP contribution is -2.67. The van der Waals surface area contributed by atoms with Gasteiger partial charge in [0.1, 0.15) is 11.8 Å². The molecule has 2 fully saturated rings. The number of nitrogens with one attached hydrogen (secondary N) is 2. The maximum absolute atomic E-state index is 13.9. The Bertz CT molecular complexity index is 1140. The SMILES string of the molecule is N#CN1CCC[C@@H](N2C=C(c3ccc(Oc4c(F)cccc4F)cc3)C3C(N)NNC(=O)C32)C1. The van der Waals surface area contributed by atoms with Gasteiger partial charge in [-0.25, -0.2) is 14.2 Å². The molecule has 0 spiro atoms. The Kier molecular flexibility index (Phi) is 5.81. The Morgan fingerprint density at radius 3 is 2.59 bits per heavy atom. The molecule has 0 aromatic heterocycles. The number of nitriles is 1. The second-order valence-electron chi connectivity index (χ2n) is 8.68. The van der Waals surface area contributed by atoms with Crippen molar-refractivity contribution in [3.63, 3.8) is 0 Å². The van der Waals surface area contributed by atoms with E-state index in [1.54, 1.807) is 29.2 Å². The summed E-state index contributed by atoms with van der Waals surface area (Å²) in [5.41, 5.74) is 13.5. The van der Waals surface area contributed by atoms with Gasteiger partial charge in [-0.15, -0.1) is 0 Å². The van der Waals surface area contributed by atoms with Crippen molar-refractivity contribution in [2.45, 2.75) is 31.1 Å². The largest absolute Gasteiger partial charge is 0.451 e. The third-order valence-electron chi connectivity index (χ3n) is 6.61. The lowest BCUT2D eigenvalue weighted by Gasteiger charge is -2.42. The van der Waals surface area contributed by atoms with Gasteiger partial charge in [0.25, 0.3) is 5.91 Å². The zero-order valence-corrected chi connectivity index (χ0v) is 18.2. The average molecular weight is 466 g/mol. The molecule has 1 amide bonds. The van der Waals surface area contributed by atoms with Crippen LogP contribution in [0.3, 0.4) is 0 Å². The van der Waals surface area contributed by atoms with Gasteiger partial charge in [-0.3, -0.25) is 10.2 Å². The first-order valence-corrected chi connectivity index (χ1v) is 11.1. The molecule has 3 heterocycles. The highest BCUT2D eigenvalue weighted by molar-refractivity contribution is 5.89. The number of amides is 1. The van der Waals surface area contributed by atoms with Gasteiger partial charge < -0.3 is 20.3 Å². The second kappa shape index (κ2) is 8.93. The predicted molar refractivity (Wildman–Crippen MR) is 119 cm³/mol. The van der Waals surface area contributed by atoms with Crippen molar-refractivity contribution in [2.75, 3.05) is 13.1 Å². The Labute approximate surface area is 195 Å². The molecule has 34 heavy (non-hydrogen) atoms. The lowest BCUT2D eigenvalue weighted by molar-refractivity contribution is -0.131. The topological polar surface area (TPSA) is 107 Å². The molecule has 176 valence electrons. The molecule has 0 radical (unpaired) electrons. The van der Waals surface area contributed by atoms with Crippen molar-refractivity contribution in [3.8, 4) is 17.7 Å². The maximum atomic E-state index is 13.9. The van der Waals surface area contributed by atoms with Gasteiger partial charge in [0.2, 0.25) is 0 Å². The van der Waals surface area contributed by atoms with Crippen molar-refractivity contribution in [1.82, 2.24) is 20.7 Å². The molecule has 4 N–H and O–H groups in total. The smallest absolute Gasteiger partial charge is 0.257 e. The van der Waals surface area contributed by atoms with Crippen molar-refractivity contribution in [1.29, 1.82) is 5.26 Å². The molecule has 8 nitrogen and oxygen atoms in total. The third kappa shape index (κ3) is 3.93. The summed E-state index contributed by atoms with van der Waals surface area (Å²) in [6, 6.07) is 9.84. The summed E-state index contributed by atoms with van der Waals surface area (Å²) < 4.78 is 33.3. The van der Waals surface area contributed by atoms with E-state index < -0.39 is 29.6 Å². The third-order valence-corrected chi connectivity index (χ3v) is 6.61. The Morgan fingerprint density at radius 1 is 1.15 bits per heavy atom. The van der Waals surface area contributed by atoms with E-state index in [1.807, 2.05) is 11.1 Å². The van der Waals surface area contributed by atoms with Gasteiger partial charge in [-0.1, -0.05) is 18.2 Å². The van der Waals surface area contributed by atoms with Crippen LogP contribution < -0.4 is 21.3 Å². The summed E-state index contributed by atoms with van der Waals surface area (Å²) in [5, 5.41) is 9.35. The minimum absolute atomic E-state index is 0.00101. The number of ether oxygens (including phenoxy) is 1. The summed E-state index contributed by atoms with van der Waals surface area (Å²) >= 11 is 0. The number of benzene rings is 2. The van der Waals surface area contributed by atoms with Crippen molar-refractivity contribution in [3.05, 3.63) is 65.9 Å². The van der Waals surface area contributed by atoms with Crippen LogP contribution in [0.5, 0.6) is 11.5 Å². The number of nitrogens with two attached hydrogens (primary N) is 1. The number of likely N-dealkylation sites (tertiary alicyclic amines) is 1. The van der Waals surface area contributed by atoms with E-state index in [1.165, 1.54) is 6.07 Å². The van der Waals surface area contributed by atoms with E-state index in [-0.39, 0.29) is 23.6 Å². The number of piperidine rings is 1. The average Bonchev–Trinajstić information content (AvgIpc) is 3.26. The molecule has 10 heteroatoms. The van der Waals surface area contributed by atoms with Crippen molar-refractivity contribution < 1.29 is 18.3 Å². The molecular formula is C24H24F2N6O2. The van der Waals surface area contributed by atoms with E-state index in [4.69, 9.17) is 10.5 Å². The lowest BCUT2D eigenvalue weighted by atomic mass is 9.86. The fourth-order valence-corrected chi connectivity index (χ4v) is 4.99. The fraction of sp³-hybridized carbons (Fsp3) is 0.333. The highest BCUT2D eigenvalue weighted by Crippen LogP contribution is 2.41. The zero-order chi connectivity index (χ0) is 23.8. The molecule has 0 saturated carbocycles. The number of hydrogen-bond acceptors (Lipinski definition) is 7. The predicted octanol–water partition coefficient (Wildman–Crippen LogP) is 2.26. The highest BCUT2D eigenvalue weighted by Gasteiger charge is 2.49. The summed E-state index contributed by atoms with van der Waals surface area (Å²) in [6.07, 6.45) is 5.37. The summed E-state index contributed by atoms with van der Waals surface area (Å²) in [7, 11) is 0. The molecule has 3 aliphatic rings. The van der Waals surface area contributed by atoms with Gasteiger partial charge in [0, 0.05) is 31.2 Å². The van der Waals surface area contributed by atoms with Gasteiger partial charge in [0.05, 0.1) is 6.17 Å². The molecular weight excluding hydrogens is 442 g/mol. The Hall–Kier alpha value is -3.68. The number of carbonyl (C=O) groups excluding carboxylic acids is 1. The molecule has 5 rings (SSSR count). The maximum Gasteiger partial charge on any atom is 0.257 e. The van der Waals surface area contributed by atoms with E-state index in [9.17, 15) is 18.8 Å². The molecule has 2 aromatic rings. The molecule has 3 unspecified atom stereocenters. The monoisotopic (exact) mass is 466 g/mol. The molecule has 0 aliphatic carbocycles. The van der Waals surface area contributed by atoms with E-state index in [0.717, 1.165) is 36.1 Å². The van der Waals surface area contributed by atoms with Crippen LogP contribution in [0.25, 0.3) is 5.57 Å². The van der Waals surface area contributed by atoms with Gasteiger partial charge in [-0.2, -0.15) is 5.26 Å². The molecule has 4 atom stereocenters. The van der Waals surface area contributed by atoms with Crippen LogP contribution >= 0.6 is 0 Å². The standard InChI is InChI=1S/C24H24F2N6O2/c25-18-4-1-5-19(26)22(18)34-16-8-6-14(7-9-16)17-12-32(15-3-2-10-31(11-15)13-27)21-20(17)23(28)29-30-24(21)33/h1,4-9,12,15,20-21,23,29H,2-3,10-11,28H2,(H,30,33)/t15-,20?,21?,23?/m1/s1. The number of nitrogens with zero attached hydrogens (tertiary/aromatic N) is 3. The van der Waals surface area contributed by atoms with Crippen molar-refractivity contribution in [2.24, 2.45) is 11.7 Å². The van der Waals surface area contributed by atoms with Crippen LogP contribution in [0.1, 0.15) is 18.4 Å². The minimum Gasteiger partial charge on any atom is -0.451 e. The van der Waals surface area contributed by atoms with Crippen LogP contribution in [-0.2, 0) is 4.79 Å². The number of carbonyl (C=O) groups is 1. The van der Waals surface area contributed by atoms with Crippen LogP contribution in [0.4, 0.5) is 8.78 Å². The zero-order valence-electron chi connectivity index (χ0n) is 18.2. The summed E-state index contributed by atoms with van der Waals surface area (Å²) in [4.78, 5) is 16.6. The van der Waals surface area contributed by atoms with E-state index >= 15 is 0 Å². The van der Waals surface area contributed by atoms with Gasteiger partial charge >= 0.3 is 0 Å². The number of hydrazine groups is 1. The minimum atomic E-state index is -0.787. The van der Waals surface area contributed by atoms with Crippen LogP contribution in [0.15, 0.2) is 48.7 Å². The van der Waals surface area contributed by atoms with Crippen LogP contribution in [-0.4, -0.2) is 47.0 Å². The number of halogens is 2. The van der Waals surface area contributed by atoms with Gasteiger partial charge in [0.15, 0.2) is 23.6 Å². The molecule has 3 aliphatic heterocycles. The van der Waals surface area contributed by atoms with E-state index in [2.05, 4.69) is 17.0 Å². The number of fused-ring (bicyclic) bond motifs is 1. The molecule has 2 saturated heterocycles. The first-order valence-electron chi connectivity index (χ1n) is 11.1. The summed E-state index contributed by atoms with van der Waals surface area (Å²) in [6.45, 7) is 1.25. The first kappa shape index (κ1) is 22.1. The Morgan fingerprint density at radius 2 is 1.88 bits per heavy atom. The number of rotatable bonds is 4. The number of para-hydroxylation sites is 1. The van der Waals surface area contributed by atoms with Crippen LogP contribution in [0, 0.1) is 29.0 Å². The number of hydrogen-bond donors (Lipinski definition) is 3. The van der Waals surface area contributed by atoms with Gasteiger partial charge in [-0.05, 0) is 48.2 Å².